The van der Waals surface area contributed by atoms with Gasteiger partial charge in [0.2, 0.25) is 0 Å². The predicted octanol–water partition coefficient (Wildman–Crippen LogP) is -0.319. The lowest BCUT2D eigenvalue weighted by molar-refractivity contribution is -0.102. The van der Waals surface area contributed by atoms with Crippen LogP contribution in [0, 0.1) is 0 Å². The summed E-state index contributed by atoms with van der Waals surface area (Å²) in [6.45, 7) is 0. The summed E-state index contributed by atoms with van der Waals surface area (Å²) in [6, 6.07) is 0. The summed E-state index contributed by atoms with van der Waals surface area (Å²) in [5, 5.41) is 0. The quantitative estimate of drug-likeness (QED) is 0.246. The van der Waals surface area contributed by atoms with E-state index >= 15 is 0 Å². The standard InChI is InChI=1S/C2HBOS/c3-2(5)1-4/h1H. The summed E-state index contributed by atoms with van der Waals surface area (Å²) in [7, 11) is 4.66. The molecule has 0 rings (SSSR count). The number of hydrogen-bond acceptors (Lipinski definition) is 2. The van der Waals surface area contributed by atoms with E-state index in [4.69, 9.17) is 0 Å². The molecule has 0 aliphatic carbocycles. The molecule has 0 aromatic heterocycles. The molecule has 1 nitrogen and oxygen atoms in total. The molecular weight excluding hydrogens is 82.9 g/mol. The second kappa shape index (κ2) is 2.09. The van der Waals surface area contributed by atoms with Crippen molar-refractivity contribution in [3.05, 3.63) is 0 Å². The third-order valence-electron chi connectivity index (χ3n) is 0.116. The Morgan fingerprint density at radius 3 is 2.20 bits per heavy atom. The van der Waals surface area contributed by atoms with Crippen LogP contribution in [0.15, 0.2) is 0 Å². The minimum atomic E-state index is -0.0926. The van der Waals surface area contributed by atoms with Crippen LogP contribution in [0.3, 0.4) is 0 Å². The first-order valence-corrected chi connectivity index (χ1v) is 1.43. The van der Waals surface area contributed by atoms with Gasteiger partial charge in [-0.3, -0.25) is 4.79 Å². The number of carbonyl (C=O) groups excluding carboxylic acids is 1. The van der Waals surface area contributed by atoms with Crippen LogP contribution in [0.5, 0.6) is 0 Å². The maximum absolute atomic E-state index is 9.24. The van der Waals surface area contributed by atoms with Gasteiger partial charge in [0.25, 0.3) is 0 Å². The van der Waals surface area contributed by atoms with Gasteiger partial charge in [0.15, 0.2) is 0 Å². The Morgan fingerprint density at radius 2 is 2.20 bits per heavy atom. The average molecular weight is 83.9 g/mol. The molecule has 0 saturated carbocycles. The van der Waals surface area contributed by atoms with Gasteiger partial charge in [0, 0.05) is 4.76 Å². The summed E-state index contributed by atoms with van der Waals surface area (Å²) in [4.78, 5) is 9.24. The van der Waals surface area contributed by atoms with E-state index in [1.54, 1.807) is 0 Å². The molecule has 0 aliphatic rings. The van der Waals surface area contributed by atoms with Crippen molar-refractivity contribution in [1.29, 1.82) is 0 Å². The van der Waals surface area contributed by atoms with Crippen LogP contribution >= 0.6 is 12.2 Å². The first-order valence-electron chi connectivity index (χ1n) is 1.02. The molecule has 0 bridgehead atoms. The molecule has 0 fully saturated rings. The van der Waals surface area contributed by atoms with Crippen LogP contribution < -0.4 is 0 Å². The van der Waals surface area contributed by atoms with E-state index in [0.717, 1.165) is 0 Å². The highest BCUT2D eigenvalue weighted by atomic mass is 32.1. The smallest absolute Gasteiger partial charge is 0.146 e. The topological polar surface area (TPSA) is 17.1 Å². The van der Waals surface area contributed by atoms with Crippen molar-refractivity contribution in [1.82, 2.24) is 0 Å². The average Bonchev–Trinajstić information content (AvgIpc) is 1.38. The Labute approximate surface area is 36.8 Å². The van der Waals surface area contributed by atoms with Crippen molar-refractivity contribution in [3.63, 3.8) is 0 Å². The summed E-state index contributed by atoms with van der Waals surface area (Å²) in [6.07, 6.45) is 0.426. The van der Waals surface area contributed by atoms with Gasteiger partial charge in [-0.25, -0.2) is 0 Å². The molecule has 0 amide bonds. The lowest BCUT2D eigenvalue weighted by Crippen LogP contribution is -1.89. The third kappa shape index (κ3) is 3.82. The van der Waals surface area contributed by atoms with E-state index in [-0.39, 0.29) is 4.76 Å². The van der Waals surface area contributed by atoms with Crippen LogP contribution in [0.1, 0.15) is 0 Å². The Morgan fingerprint density at radius 1 is 2.00 bits per heavy atom. The summed E-state index contributed by atoms with van der Waals surface area (Å²) >= 11 is 4.11. The van der Waals surface area contributed by atoms with Crippen LogP contribution in [-0.2, 0) is 4.79 Å². The Balaban J connectivity index is 3.20. The number of rotatable bonds is 1. The van der Waals surface area contributed by atoms with Crippen LogP contribution in [0.2, 0.25) is 0 Å². The highest BCUT2D eigenvalue weighted by Gasteiger charge is 1.70. The van der Waals surface area contributed by atoms with E-state index < -0.39 is 0 Å². The van der Waals surface area contributed by atoms with Crippen LogP contribution in [0.25, 0.3) is 0 Å². The van der Waals surface area contributed by atoms with Gasteiger partial charge in [-0.15, -0.1) is 0 Å². The van der Waals surface area contributed by atoms with E-state index in [9.17, 15) is 4.79 Å². The molecule has 0 unspecified atom stereocenters. The number of hydrogen-bond donors (Lipinski definition) is 0. The monoisotopic (exact) mass is 84.0 g/mol. The van der Waals surface area contributed by atoms with Gasteiger partial charge in [-0.1, -0.05) is 12.2 Å². The van der Waals surface area contributed by atoms with E-state index in [1.807, 2.05) is 0 Å². The zero-order chi connectivity index (χ0) is 4.28. The molecule has 0 spiro atoms. The summed E-state index contributed by atoms with van der Waals surface area (Å²) in [5.74, 6) is 0. The molecule has 3 heteroatoms. The maximum atomic E-state index is 9.24. The highest BCUT2D eigenvalue weighted by Crippen LogP contribution is 1.51. The van der Waals surface area contributed by atoms with Gasteiger partial charge in [0.05, 0.1) is 0 Å². The van der Waals surface area contributed by atoms with E-state index in [1.165, 1.54) is 0 Å². The minimum Gasteiger partial charge on any atom is -0.298 e. The van der Waals surface area contributed by atoms with Gasteiger partial charge >= 0.3 is 0 Å². The second-order valence-electron chi connectivity index (χ2n) is 0.520. The fourth-order valence-corrected chi connectivity index (χ4v) is 0. The zero-order valence-electron chi connectivity index (χ0n) is 2.47. The molecule has 0 heterocycles. The van der Waals surface area contributed by atoms with Crippen molar-refractivity contribution in [3.8, 4) is 0 Å². The van der Waals surface area contributed by atoms with Crippen molar-refractivity contribution < 1.29 is 4.79 Å². The lowest BCUT2D eigenvalue weighted by atomic mass is 10.1. The van der Waals surface area contributed by atoms with Gasteiger partial charge in [0.1, 0.15) is 14.1 Å². The van der Waals surface area contributed by atoms with Crippen molar-refractivity contribution in [2.75, 3.05) is 0 Å². The first-order chi connectivity index (χ1) is 2.27. The normalized spacial score (nSPS) is 6.40. The number of aldehydes is 1. The van der Waals surface area contributed by atoms with Crippen molar-refractivity contribution >= 4 is 31.1 Å². The lowest BCUT2D eigenvalue weighted by Gasteiger charge is -1.62. The van der Waals surface area contributed by atoms with Crippen LogP contribution in [-0.4, -0.2) is 18.9 Å². The summed E-state index contributed by atoms with van der Waals surface area (Å²) < 4.78 is -0.0926. The molecular formula is C2HBOS. The molecule has 0 N–H and O–H groups in total. The Hall–Kier alpha value is -0.175. The third-order valence-corrected chi connectivity index (χ3v) is 0.212. The van der Waals surface area contributed by atoms with Gasteiger partial charge in [-0.05, 0) is 0 Å². The molecule has 0 aromatic rings. The largest absolute Gasteiger partial charge is 0.298 e. The van der Waals surface area contributed by atoms with E-state index in [0.29, 0.717) is 6.29 Å². The van der Waals surface area contributed by atoms with Crippen molar-refractivity contribution in [2.24, 2.45) is 0 Å². The molecule has 0 atom stereocenters. The number of thiocarbonyl (C=S) groups is 1. The summed E-state index contributed by atoms with van der Waals surface area (Å²) in [5.41, 5.74) is 0. The van der Waals surface area contributed by atoms with E-state index in [2.05, 4.69) is 20.1 Å². The number of carbonyl (C=O) groups is 1. The Bertz CT molecular complexity index is 60.7. The van der Waals surface area contributed by atoms with Gasteiger partial charge in [-0.2, -0.15) is 0 Å². The minimum absolute atomic E-state index is 0.0926. The molecule has 0 aromatic carbocycles. The molecule has 24 valence electrons. The molecule has 2 radical (unpaired) electrons. The fourth-order valence-electron chi connectivity index (χ4n) is 0. The predicted molar refractivity (Wildman–Crippen MR) is 24.4 cm³/mol. The highest BCUT2D eigenvalue weighted by molar-refractivity contribution is 7.84. The first kappa shape index (κ1) is 4.82. The van der Waals surface area contributed by atoms with Crippen molar-refractivity contribution in [2.45, 2.75) is 0 Å². The van der Waals surface area contributed by atoms with Gasteiger partial charge < -0.3 is 0 Å². The maximum Gasteiger partial charge on any atom is 0.146 e. The molecule has 0 saturated heterocycles. The van der Waals surface area contributed by atoms with Crippen LogP contribution in [0.4, 0.5) is 0 Å². The second-order valence-corrected chi connectivity index (χ2v) is 0.992. The molecule has 5 heavy (non-hydrogen) atoms. The Kier molecular flexibility index (Phi) is 2.01. The molecule has 0 aliphatic heterocycles. The fraction of sp³-hybridized carbons (Fsp3) is 0. The SMILES string of the molecule is [B]C(=S)C=O. The zero-order valence-corrected chi connectivity index (χ0v) is 3.29.